The van der Waals surface area contributed by atoms with Gasteiger partial charge in [0.05, 0.1) is 5.41 Å². The fraction of sp³-hybridized carbons (Fsp3) is 0.286. The van der Waals surface area contributed by atoms with Gasteiger partial charge in [-0.25, -0.2) is 4.98 Å². The van der Waals surface area contributed by atoms with Crippen molar-refractivity contribution in [3.05, 3.63) is 52.5 Å². The van der Waals surface area contributed by atoms with E-state index in [1.165, 1.54) is 0 Å². The first-order chi connectivity index (χ1) is 8.53. The van der Waals surface area contributed by atoms with Gasteiger partial charge >= 0.3 is 0 Å². The number of aromatic nitrogens is 1. The molecular formula is C14H16N2OS. The SMILES string of the molecule is CC(C)(C(N)=O)C(c1ccccc1)c1nccs1. The molecule has 0 aliphatic rings. The van der Waals surface area contributed by atoms with Crippen LogP contribution in [0.5, 0.6) is 0 Å². The van der Waals surface area contributed by atoms with Crippen LogP contribution in [0.4, 0.5) is 0 Å². The van der Waals surface area contributed by atoms with Crippen LogP contribution >= 0.6 is 11.3 Å². The third kappa shape index (κ3) is 2.29. The first-order valence-electron chi connectivity index (χ1n) is 5.77. The number of nitrogens with zero attached hydrogens (tertiary/aromatic N) is 1. The van der Waals surface area contributed by atoms with Crippen molar-refractivity contribution in [2.45, 2.75) is 19.8 Å². The number of rotatable bonds is 4. The summed E-state index contributed by atoms with van der Waals surface area (Å²) < 4.78 is 0. The van der Waals surface area contributed by atoms with E-state index in [9.17, 15) is 4.79 Å². The van der Waals surface area contributed by atoms with Crippen LogP contribution in [0.1, 0.15) is 30.3 Å². The van der Waals surface area contributed by atoms with E-state index in [4.69, 9.17) is 5.73 Å². The summed E-state index contributed by atoms with van der Waals surface area (Å²) in [6.07, 6.45) is 1.76. The minimum absolute atomic E-state index is 0.101. The van der Waals surface area contributed by atoms with E-state index in [2.05, 4.69) is 4.98 Å². The van der Waals surface area contributed by atoms with Crippen molar-refractivity contribution >= 4 is 17.2 Å². The van der Waals surface area contributed by atoms with Crippen LogP contribution in [-0.4, -0.2) is 10.9 Å². The molecule has 3 nitrogen and oxygen atoms in total. The zero-order valence-corrected chi connectivity index (χ0v) is 11.3. The summed E-state index contributed by atoms with van der Waals surface area (Å²) in [4.78, 5) is 16.1. The summed E-state index contributed by atoms with van der Waals surface area (Å²) in [5.41, 5.74) is 5.95. The lowest BCUT2D eigenvalue weighted by molar-refractivity contribution is -0.126. The first kappa shape index (κ1) is 12.8. The van der Waals surface area contributed by atoms with Crippen LogP contribution in [0.3, 0.4) is 0 Å². The lowest BCUT2D eigenvalue weighted by Crippen LogP contribution is -2.37. The van der Waals surface area contributed by atoms with Gasteiger partial charge in [-0.1, -0.05) is 44.2 Å². The Hall–Kier alpha value is -1.68. The molecule has 1 heterocycles. The molecule has 1 atom stereocenters. The molecule has 1 amide bonds. The molecule has 0 saturated heterocycles. The van der Waals surface area contributed by atoms with Crippen molar-refractivity contribution in [2.75, 3.05) is 0 Å². The van der Waals surface area contributed by atoms with E-state index < -0.39 is 5.41 Å². The maximum Gasteiger partial charge on any atom is 0.224 e. The number of hydrogen-bond donors (Lipinski definition) is 1. The average Bonchev–Trinajstić information content (AvgIpc) is 2.83. The highest BCUT2D eigenvalue weighted by atomic mass is 32.1. The van der Waals surface area contributed by atoms with Gasteiger partial charge in [0, 0.05) is 17.5 Å². The highest BCUT2D eigenvalue weighted by molar-refractivity contribution is 7.09. The first-order valence-corrected chi connectivity index (χ1v) is 6.65. The Kier molecular flexibility index (Phi) is 3.48. The maximum absolute atomic E-state index is 11.7. The Morgan fingerprint density at radius 3 is 2.50 bits per heavy atom. The number of hydrogen-bond acceptors (Lipinski definition) is 3. The fourth-order valence-electron chi connectivity index (χ4n) is 2.03. The second-order valence-corrected chi connectivity index (χ2v) is 5.73. The summed E-state index contributed by atoms with van der Waals surface area (Å²) >= 11 is 1.55. The molecule has 94 valence electrons. The van der Waals surface area contributed by atoms with Gasteiger partial charge in [0.2, 0.25) is 5.91 Å². The van der Waals surface area contributed by atoms with Crippen LogP contribution in [0.25, 0.3) is 0 Å². The van der Waals surface area contributed by atoms with E-state index in [0.717, 1.165) is 10.6 Å². The smallest absolute Gasteiger partial charge is 0.224 e. The van der Waals surface area contributed by atoms with Crippen molar-refractivity contribution in [1.82, 2.24) is 4.98 Å². The van der Waals surface area contributed by atoms with E-state index in [1.807, 2.05) is 49.6 Å². The monoisotopic (exact) mass is 260 g/mol. The topological polar surface area (TPSA) is 56.0 Å². The van der Waals surface area contributed by atoms with E-state index >= 15 is 0 Å². The molecule has 0 saturated carbocycles. The Morgan fingerprint density at radius 2 is 2.00 bits per heavy atom. The summed E-state index contributed by atoms with van der Waals surface area (Å²) in [5, 5.41) is 2.84. The Bertz CT molecular complexity index is 520. The van der Waals surface area contributed by atoms with Gasteiger partial charge in [-0.2, -0.15) is 0 Å². The quantitative estimate of drug-likeness (QED) is 0.919. The van der Waals surface area contributed by atoms with E-state index in [0.29, 0.717) is 0 Å². The number of primary amides is 1. The molecule has 2 N–H and O–H groups in total. The number of benzene rings is 1. The van der Waals surface area contributed by atoms with Gasteiger partial charge in [0.15, 0.2) is 0 Å². The molecule has 18 heavy (non-hydrogen) atoms. The predicted molar refractivity (Wildman–Crippen MR) is 73.4 cm³/mol. The molecule has 0 radical (unpaired) electrons. The zero-order chi connectivity index (χ0) is 13.2. The average molecular weight is 260 g/mol. The van der Waals surface area contributed by atoms with Gasteiger partial charge in [0.25, 0.3) is 0 Å². The number of carbonyl (C=O) groups excluding carboxylic acids is 1. The van der Waals surface area contributed by atoms with Crippen molar-refractivity contribution in [2.24, 2.45) is 11.1 Å². The van der Waals surface area contributed by atoms with Crippen LogP contribution in [0.2, 0.25) is 0 Å². The minimum Gasteiger partial charge on any atom is -0.369 e. The maximum atomic E-state index is 11.7. The van der Waals surface area contributed by atoms with Crippen molar-refractivity contribution < 1.29 is 4.79 Å². The molecule has 0 fully saturated rings. The van der Waals surface area contributed by atoms with Crippen molar-refractivity contribution in [1.29, 1.82) is 0 Å². The van der Waals surface area contributed by atoms with Gasteiger partial charge in [0.1, 0.15) is 5.01 Å². The largest absolute Gasteiger partial charge is 0.369 e. The summed E-state index contributed by atoms with van der Waals surface area (Å²) in [6.45, 7) is 3.74. The predicted octanol–water partition coefficient (Wildman–Crippen LogP) is 2.79. The van der Waals surface area contributed by atoms with E-state index in [-0.39, 0.29) is 11.8 Å². The highest BCUT2D eigenvalue weighted by Crippen LogP contribution is 2.41. The zero-order valence-electron chi connectivity index (χ0n) is 10.5. The number of carbonyl (C=O) groups is 1. The van der Waals surface area contributed by atoms with Gasteiger partial charge in [-0.3, -0.25) is 4.79 Å². The molecule has 0 aliphatic carbocycles. The third-order valence-electron chi connectivity index (χ3n) is 3.19. The fourth-order valence-corrected chi connectivity index (χ4v) is 2.98. The number of thiazole rings is 1. The molecular weight excluding hydrogens is 244 g/mol. The van der Waals surface area contributed by atoms with Crippen LogP contribution < -0.4 is 5.73 Å². The lowest BCUT2D eigenvalue weighted by Gasteiger charge is -2.30. The van der Waals surface area contributed by atoms with Gasteiger partial charge in [-0.05, 0) is 5.56 Å². The molecule has 0 spiro atoms. The molecule has 0 bridgehead atoms. The second-order valence-electron chi connectivity index (χ2n) is 4.80. The van der Waals surface area contributed by atoms with Gasteiger partial charge < -0.3 is 5.73 Å². The summed E-state index contributed by atoms with van der Waals surface area (Å²) in [6, 6.07) is 9.91. The Morgan fingerprint density at radius 1 is 1.33 bits per heavy atom. The van der Waals surface area contributed by atoms with Crippen LogP contribution in [0, 0.1) is 5.41 Å². The molecule has 1 unspecified atom stereocenters. The summed E-state index contributed by atoms with van der Waals surface area (Å²) in [7, 11) is 0. The molecule has 0 aliphatic heterocycles. The number of amides is 1. The molecule has 2 rings (SSSR count). The van der Waals surface area contributed by atoms with Crippen LogP contribution in [-0.2, 0) is 4.79 Å². The van der Waals surface area contributed by atoms with Crippen LogP contribution in [0.15, 0.2) is 41.9 Å². The van der Waals surface area contributed by atoms with Gasteiger partial charge in [-0.15, -0.1) is 11.3 Å². The minimum atomic E-state index is -0.667. The molecule has 4 heteroatoms. The molecule has 1 aromatic carbocycles. The third-order valence-corrected chi connectivity index (χ3v) is 4.03. The standard InChI is InChI=1S/C14H16N2OS/c1-14(2,13(15)17)11(12-16-8-9-18-12)10-6-4-3-5-7-10/h3-9,11H,1-2H3,(H2,15,17). The summed E-state index contributed by atoms with van der Waals surface area (Å²) in [5.74, 6) is -0.414. The Labute approximate surface area is 111 Å². The normalized spacial score (nSPS) is 13.2. The van der Waals surface area contributed by atoms with Crippen molar-refractivity contribution in [3.63, 3.8) is 0 Å². The molecule has 1 aromatic heterocycles. The highest BCUT2D eigenvalue weighted by Gasteiger charge is 2.38. The lowest BCUT2D eigenvalue weighted by atomic mass is 9.74. The van der Waals surface area contributed by atoms with E-state index in [1.54, 1.807) is 17.5 Å². The Balaban J connectivity index is 2.52. The number of nitrogens with two attached hydrogens (primary N) is 1. The van der Waals surface area contributed by atoms with Crippen molar-refractivity contribution in [3.8, 4) is 0 Å². The second kappa shape index (κ2) is 4.90. The molecule has 2 aromatic rings.